The Morgan fingerprint density at radius 2 is 0.684 bits per heavy atom. The van der Waals surface area contributed by atoms with Crippen LogP contribution in [0.25, 0.3) is 163 Å². The highest BCUT2D eigenvalue weighted by molar-refractivity contribution is 7.28. The quantitative estimate of drug-likeness (QED) is 0.162. The zero-order valence-corrected chi connectivity index (χ0v) is 43.3. The summed E-state index contributed by atoms with van der Waals surface area (Å²) >= 11 is 7.15. The van der Waals surface area contributed by atoms with Gasteiger partial charge in [-0.15, -0.1) is 45.3 Å². The second kappa shape index (κ2) is 15.7. The molecule has 8 heteroatoms. The topological polar surface area (TPSA) is 38.0 Å². The minimum atomic E-state index is 0.335. The van der Waals surface area contributed by atoms with Crippen molar-refractivity contribution in [2.24, 2.45) is 0 Å². The smallest absolute Gasteiger partial charge is 0.215 e. The van der Waals surface area contributed by atoms with E-state index in [4.69, 9.17) is 0 Å². The van der Waals surface area contributed by atoms with Crippen LogP contribution >= 0.6 is 45.3 Å². The number of para-hydroxylation sites is 2. The average Bonchev–Trinajstić information content (AvgIpc) is 4.45. The molecule has 0 aliphatic rings. The van der Waals surface area contributed by atoms with Gasteiger partial charge in [0, 0.05) is 110 Å². The molecule has 350 valence electrons. The Hall–Kier alpha value is -9.12. The Bertz CT molecular complexity index is 5180. The van der Waals surface area contributed by atoms with Gasteiger partial charge in [-0.05, 0) is 42.0 Å². The summed E-state index contributed by atoms with van der Waals surface area (Å²) in [6, 6.07) is 77.4. The molecule has 6 aromatic heterocycles. The van der Waals surface area contributed by atoms with Crippen molar-refractivity contribution >= 4 is 175 Å². The monoisotopic (exact) mass is 1030 g/mol. The lowest BCUT2D eigenvalue weighted by Gasteiger charge is -2.27. The first-order valence-corrected chi connectivity index (χ1v) is 28.4. The van der Waals surface area contributed by atoms with Crippen LogP contribution in [-0.4, -0.2) is 9.13 Å². The molecule has 0 fully saturated rings. The van der Waals surface area contributed by atoms with Gasteiger partial charge in [-0.3, -0.25) is 0 Å². The fraction of sp³-hybridized carbons (Fsp3) is 0. The van der Waals surface area contributed by atoms with Gasteiger partial charge in [-0.2, -0.15) is 5.26 Å². The number of aromatic nitrogens is 2. The standard InChI is InChI=1S/C68H34N4S4/c1-70-60-51(36-69)58(49-24-14-22-45-39-18-4-10-28-54(39)73-65(45)49)63(71-52-26-8-2-16-37(52)43-32-34-47-41-20-6-12-30-56(41)75-67(47)61(43)71)64(59(60)50-25-15-23-46-40-19-5-11-29-55(40)74-66(46)50)72-53-27-9-3-17-38(53)44-33-35-48-42-21-7-13-31-57(42)76-68(48)62(44)72/h2-35H. The van der Waals surface area contributed by atoms with Gasteiger partial charge in [-0.1, -0.05) is 170 Å². The molecular weight excluding hydrogens is 1000 g/mol. The molecule has 76 heavy (non-hydrogen) atoms. The van der Waals surface area contributed by atoms with E-state index in [2.05, 4.69) is 226 Å². The molecule has 4 nitrogen and oxygen atoms in total. The summed E-state index contributed by atoms with van der Waals surface area (Å²) in [5.74, 6) is 0. The molecule has 0 amide bonds. The van der Waals surface area contributed by atoms with Crippen molar-refractivity contribution in [3.63, 3.8) is 0 Å². The van der Waals surface area contributed by atoms with Gasteiger partial charge in [0.1, 0.15) is 0 Å². The van der Waals surface area contributed by atoms with Crippen LogP contribution in [0.4, 0.5) is 5.69 Å². The van der Waals surface area contributed by atoms with Crippen molar-refractivity contribution in [3.05, 3.63) is 223 Å². The van der Waals surface area contributed by atoms with E-state index >= 15 is 0 Å². The molecule has 0 spiro atoms. The minimum Gasteiger partial charge on any atom is -0.306 e. The highest BCUT2D eigenvalue weighted by Gasteiger charge is 2.34. The molecule has 0 radical (unpaired) electrons. The molecule has 0 saturated heterocycles. The number of hydrogen-bond acceptors (Lipinski definition) is 5. The molecule has 0 unspecified atom stereocenters. The predicted octanol–water partition coefficient (Wildman–Crippen LogP) is 21.1. The predicted molar refractivity (Wildman–Crippen MR) is 329 cm³/mol. The van der Waals surface area contributed by atoms with Crippen molar-refractivity contribution in [1.82, 2.24) is 9.13 Å². The van der Waals surface area contributed by atoms with Crippen molar-refractivity contribution < 1.29 is 0 Å². The SMILES string of the molecule is [C-]#[N+]c1c(C#N)c(-c2cccc3c2sc2ccccc23)c(-n2c3ccccc3c3ccc4c5ccccc5sc4c32)c(-n2c3ccccc3c3ccc4c5ccccc5sc4c32)c1-c1cccc2c1sc1ccccc12. The maximum atomic E-state index is 12.3. The Morgan fingerprint density at radius 3 is 1.12 bits per heavy atom. The number of nitriles is 1. The summed E-state index contributed by atoms with van der Waals surface area (Å²) in [6.45, 7) is 9.60. The van der Waals surface area contributed by atoms with E-state index in [1.165, 1.54) is 60.5 Å². The van der Waals surface area contributed by atoms with Gasteiger partial charge < -0.3 is 9.13 Å². The first-order valence-electron chi connectivity index (χ1n) is 25.2. The zero-order chi connectivity index (χ0) is 49.9. The number of nitrogens with zero attached hydrogens (tertiary/aromatic N) is 4. The third-order valence-electron chi connectivity index (χ3n) is 15.8. The van der Waals surface area contributed by atoms with Crippen LogP contribution in [0.15, 0.2) is 206 Å². The summed E-state index contributed by atoms with van der Waals surface area (Å²) in [4.78, 5) is 4.66. The normalized spacial score (nSPS) is 12.2. The molecule has 0 saturated carbocycles. The fourth-order valence-corrected chi connectivity index (χ4v) is 17.6. The zero-order valence-electron chi connectivity index (χ0n) is 40.1. The maximum absolute atomic E-state index is 12.3. The van der Waals surface area contributed by atoms with Crippen LogP contribution in [0.1, 0.15) is 5.56 Å². The van der Waals surface area contributed by atoms with E-state index in [0.717, 1.165) is 97.4 Å². The highest BCUT2D eigenvalue weighted by atomic mass is 32.1. The number of hydrogen-bond donors (Lipinski definition) is 0. The van der Waals surface area contributed by atoms with Crippen LogP contribution in [-0.2, 0) is 0 Å². The van der Waals surface area contributed by atoms with E-state index in [1.54, 1.807) is 22.7 Å². The number of benzene rings is 11. The molecule has 17 rings (SSSR count). The molecule has 11 aromatic carbocycles. The molecule has 17 aromatic rings. The van der Waals surface area contributed by atoms with Crippen molar-refractivity contribution in [2.75, 3.05) is 0 Å². The van der Waals surface area contributed by atoms with Gasteiger partial charge in [0.25, 0.3) is 0 Å². The van der Waals surface area contributed by atoms with Crippen LogP contribution in [0, 0.1) is 17.9 Å². The Balaban J connectivity index is 1.21. The largest absolute Gasteiger partial charge is 0.306 e. The van der Waals surface area contributed by atoms with Gasteiger partial charge in [0.05, 0.1) is 61.0 Å². The fourth-order valence-electron chi connectivity index (χ4n) is 12.7. The second-order valence-electron chi connectivity index (χ2n) is 19.5. The lowest BCUT2D eigenvalue weighted by atomic mass is 9.88. The minimum absolute atomic E-state index is 0.335. The third kappa shape index (κ3) is 5.53. The average molecular weight is 1040 g/mol. The maximum Gasteiger partial charge on any atom is 0.215 e. The summed E-state index contributed by atoms with van der Waals surface area (Å²) in [5.41, 5.74) is 9.92. The third-order valence-corrected chi connectivity index (χ3v) is 20.6. The molecule has 0 aliphatic heterocycles. The van der Waals surface area contributed by atoms with Crippen LogP contribution in [0.2, 0.25) is 0 Å². The summed E-state index contributed by atoms with van der Waals surface area (Å²) in [5, 5.41) is 26.2. The Labute approximate surface area is 449 Å². The number of thiophene rings is 4. The molecule has 6 heterocycles. The van der Waals surface area contributed by atoms with Crippen LogP contribution < -0.4 is 0 Å². The van der Waals surface area contributed by atoms with E-state index in [0.29, 0.717) is 11.3 Å². The van der Waals surface area contributed by atoms with Crippen molar-refractivity contribution in [2.45, 2.75) is 0 Å². The van der Waals surface area contributed by atoms with Crippen LogP contribution in [0.3, 0.4) is 0 Å². The molecule has 0 atom stereocenters. The van der Waals surface area contributed by atoms with E-state index in [9.17, 15) is 11.8 Å². The Kier molecular flexibility index (Phi) is 8.73. The molecule has 0 bridgehead atoms. The van der Waals surface area contributed by atoms with Gasteiger partial charge >= 0.3 is 0 Å². The van der Waals surface area contributed by atoms with Gasteiger partial charge in [0.15, 0.2) is 0 Å². The molecule has 0 aliphatic carbocycles. The first-order chi connectivity index (χ1) is 37.7. The van der Waals surface area contributed by atoms with Crippen molar-refractivity contribution in [1.29, 1.82) is 5.26 Å². The summed E-state index contributed by atoms with van der Waals surface area (Å²) in [7, 11) is 0. The highest BCUT2D eigenvalue weighted by Crippen LogP contribution is 2.57. The second-order valence-corrected chi connectivity index (χ2v) is 23.7. The van der Waals surface area contributed by atoms with Crippen molar-refractivity contribution in [3.8, 4) is 39.7 Å². The number of rotatable bonds is 4. The summed E-state index contributed by atoms with van der Waals surface area (Å²) < 4.78 is 14.3. The Morgan fingerprint density at radius 1 is 0.342 bits per heavy atom. The first kappa shape index (κ1) is 42.3. The van der Waals surface area contributed by atoms with E-state index in [-0.39, 0.29) is 0 Å². The molecule has 0 N–H and O–H groups in total. The van der Waals surface area contributed by atoms with E-state index in [1.807, 2.05) is 22.7 Å². The van der Waals surface area contributed by atoms with Gasteiger partial charge in [0.2, 0.25) is 5.69 Å². The van der Waals surface area contributed by atoms with Crippen LogP contribution in [0.5, 0.6) is 0 Å². The number of fused-ring (bicyclic) bond motifs is 20. The molecular formula is C68H34N4S4. The lowest BCUT2D eigenvalue weighted by molar-refractivity contribution is 1.11. The van der Waals surface area contributed by atoms with Gasteiger partial charge in [-0.25, -0.2) is 4.85 Å². The van der Waals surface area contributed by atoms with E-state index < -0.39 is 0 Å². The summed E-state index contributed by atoms with van der Waals surface area (Å²) in [6.07, 6.45) is 0. The lowest BCUT2D eigenvalue weighted by Crippen LogP contribution is -2.10.